The van der Waals surface area contributed by atoms with Crippen LogP contribution in [-0.2, 0) is 10.7 Å². The predicted molar refractivity (Wildman–Crippen MR) is 86.9 cm³/mol. The van der Waals surface area contributed by atoms with E-state index in [0.29, 0.717) is 17.6 Å². The standard InChI is InChI=1S/C15H15ClN2O2S/c1-2-20-13-6-3-11(4-7-13)5-8-14(19)18-15-17-12(9-16)10-21-15/h3-8,10H,2,9H2,1H3,(H,17,18,19)/b8-5+. The zero-order valence-corrected chi connectivity index (χ0v) is 13.1. The average molecular weight is 323 g/mol. The summed E-state index contributed by atoms with van der Waals surface area (Å²) in [6, 6.07) is 7.52. The van der Waals surface area contributed by atoms with Gasteiger partial charge in [0.1, 0.15) is 5.75 Å². The second-order valence-electron chi connectivity index (χ2n) is 4.10. The molecule has 0 spiro atoms. The average Bonchev–Trinajstić information content (AvgIpc) is 2.94. The highest BCUT2D eigenvalue weighted by molar-refractivity contribution is 7.14. The number of benzene rings is 1. The first-order chi connectivity index (χ1) is 10.2. The van der Waals surface area contributed by atoms with Gasteiger partial charge in [-0.3, -0.25) is 10.1 Å². The van der Waals surface area contributed by atoms with Crippen LogP contribution in [0.4, 0.5) is 5.13 Å². The predicted octanol–water partition coefficient (Wildman–Crippen LogP) is 3.93. The highest BCUT2D eigenvalue weighted by Gasteiger charge is 2.03. The molecule has 0 radical (unpaired) electrons. The van der Waals surface area contributed by atoms with E-state index in [4.69, 9.17) is 16.3 Å². The number of rotatable bonds is 6. The zero-order chi connectivity index (χ0) is 15.1. The van der Waals surface area contributed by atoms with Gasteiger partial charge in [-0.1, -0.05) is 12.1 Å². The Balaban J connectivity index is 1.91. The minimum absolute atomic E-state index is 0.223. The lowest BCUT2D eigenvalue weighted by molar-refractivity contribution is -0.111. The topological polar surface area (TPSA) is 51.2 Å². The van der Waals surface area contributed by atoms with Gasteiger partial charge in [0.05, 0.1) is 18.2 Å². The van der Waals surface area contributed by atoms with E-state index in [1.807, 2.05) is 36.6 Å². The number of halogens is 1. The maximum absolute atomic E-state index is 11.8. The molecule has 0 fully saturated rings. The third-order valence-corrected chi connectivity index (χ3v) is 3.62. The van der Waals surface area contributed by atoms with Crippen LogP contribution in [0.15, 0.2) is 35.7 Å². The number of carbonyl (C=O) groups excluding carboxylic acids is 1. The van der Waals surface area contributed by atoms with Crippen LogP contribution in [-0.4, -0.2) is 17.5 Å². The molecule has 2 rings (SSSR count). The second kappa shape index (κ2) is 7.81. The molecule has 1 aromatic heterocycles. The molecule has 21 heavy (non-hydrogen) atoms. The maximum atomic E-state index is 11.8. The number of thiazole rings is 1. The molecule has 0 saturated heterocycles. The Morgan fingerprint density at radius 1 is 1.43 bits per heavy atom. The molecule has 1 heterocycles. The van der Waals surface area contributed by atoms with E-state index in [9.17, 15) is 4.79 Å². The first kappa shape index (κ1) is 15.5. The van der Waals surface area contributed by atoms with Crippen molar-refractivity contribution in [2.24, 2.45) is 0 Å². The smallest absolute Gasteiger partial charge is 0.250 e. The lowest BCUT2D eigenvalue weighted by Gasteiger charge is -2.02. The summed E-state index contributed by atoms with van der Waals surface area (Å²) >= 11 is 7.01. The monoisotopic (exact) mass is 322 g/mol. The van der Waals surface area contributed by atoms with Gasteiger partial charge in [-0.15, -0.1) is 22.9 Å². The number of alkyl halides is 1. The summed E-state index contributed by atoms with van der Waals surface area (Å²) in [5, 5.41) is 5.06. The fourth-order valence-corrected chi connectivity index (χ4v) is 2.53. The first-order valence-electron chi connectivity index (χ1n) is 6.43. The van der Waals surface area contributed by atoms with Gasteiger partial charge in [-0.2, -0.15) is 0 Å². The second-order valence-corrected chi connectivity index (χ2v) is 5.23. The molecule has 110 valence electrons. The fraction of sp³-hybridized carbons (Fsp3) is 0.200. The van der Waals surface area contributed by atoms with Gasteiger partial charge in [-0.25, -0.2) is 4.98 Å². The molecular formula is C15H15ClN2O2S. The van der Waals surface area contributed by atoms with Gasteiger partial charge < -0.3 is 4.74 Å². The molecule has 4 nitrogen and oxygen atoms in total. The molecule has 0 bridgehead atoms. The number of aromatic nitrogens is 1. The van der Waals surface area contributed by atoms with Gasteiger partial charge in [0.2, 0.25) is 5.91 Å². The molecule has 1 aromatic carbocycles. The number of ether oxygens (including phenoxy) is 1. The molecule has 0 saturated carbocycles. The Kier molecular flexibility index (Phi) is 5.78. The van der Waals surface area contributed by atoms with Gasteiger partial charge in [-0.05, 0) is 30.7 Å². The largest absolute Gasteiger partial charge is 0.494 e. The van der Waals surface area contributed by atoms with E-state index in [0.717, 1.165) is 17.0 Å². The molecular weight excluding hydrogens is 308 g/mol. The molecule has 2 aromatic rings. The van der Waals surface area contributed by atoms with E-state index in [-0.39, 0.29) is 5.91 Å². The van der Waals surface area contributed by atoms with Crippen LogP contribution in [0.2, 0.25) is 0 Å². The number of carbonyl (C=O) groups is 1. The molecule has 0 aliphatic rings. The van der Waals surface area contributed by atoms with Crippen LogP contribution in [0.5, 0.6) is 5.75 Å². The number of anilines is 1. The van der Waals surface area contributed by atoms with Gasteiger partial charge in [0, 0.05) is 11.5 Å². The minimum Gasteiger partial charge on any atom is -0.494 e. The normalized spacial score (nSPS) is 10.8. The van der Waals surface area contributed by atoms with E-state index in [2.05, 4.69) is 10.3 Å². The first-order valence-corrected chi connectivity index (χ1v) is 7.85. The fourth-order valence-electron chi connectivity index (χ4n) is 1.59. The molecule has 0 atom stereocenters. The van der Waals surface area contributed by atoms with Crippen LogP contribution in [0, 0.1) is 0 Å². The van der Waals surface area contributed by atoms with E-state index in [1.165, 1.54) is 17.4 Å². The number of nitrogens with one attached hydrogen (secondary N) is 1. The van der Waals surface area contributed by atoms with Gasteiger partial charge in [0.15, 0.2) is 5.13 Å². The molecule has 1 N–H and O–H groups in total. The Hall–Kier alpha value is -1.85. The lowest BCUT2D eigenvalue weighted by atomic mass is 10.2. The Morgan fingerprint density at radius 2 is 2.19 bits per heavy atom. The third-order valence-electron chi connectivity index (χ3n) is 2.54. The Morgan fingerprint density at radius 3 is 2.81 bits per heavy atom. The highest BCUT2D eigenvalue weighted by Crippen LogP contribution is 2.17. The van der Waals surface area contributed by atoms with Crippen molar-refractivity contribution in [2.75, 3.05) is 11.9 Å². The van der Waals surface area contributed by atoms with Crippen LogP contribution < -0.4 is 10.1 Å². The molecule has 0 aliphatic carbocycles. The minimum atomic E-state index is -0.223. The zero-order valence-electron chi connectivity index (χ0n) is 11.5. The Labute approximate surface area is 132 Å². The summed E-state index contributed by atoms with van der Waals surface area (Å²) in [5.41, 5.74) is 1.68. The summed E-state index contributed by atoms with van der Waals surface area (Å²) in [5.74, 6) is 0.934. The van der Waals surface area contributed by atoms with E-state index >= 15 is 0 Å². The van der Waals surface area contributed by atoms with Crippen molar-refractivity contribution in [2.45, 2.75) is 12.8 Å². The molecule has 6 heteroatoms. The van der Waals surface area contributed by atoms with Crippen molar-refractivity contribution in [3.8, 4) is 5.75 Å². The molecule has 0 aliphatic heterocycles. The van der Waals surface area contributed by atoms with Crippen molar-refractivity contribution in [1.29, 1.82) is 0 Å². The number of hydrogen-bond donors (Lipinski definition) is 1. The van der Waals surface area contributed by atoms with Crippen molar-refractivity contribution in [3.63, 3.8) is 0 Å². The SMILES string of the molecule is CCOc1ccc(/C=C/C(=O)Nc2nc(CCl)cs2)cc1. The van der Waals surface area contributed by atoms with Crippen molar-refractivity contribution < 1.29 is 9.53 Å². The number of nitrogens with zero attached hydrogens (tertiary/aromatic N) is 1. The Bertz CT molecular complexity index is 623. The quantitative estimate of drug-likeness (QED) is 0.647. The maximum Gasteiger partial charge on any atom is 0.250 e. The molecule has 0 unspecified atom stereocenters. The molecule has 1 amide bonds. The van der Waals surface area contributed by atoms with Gasteiger partial charge >= 0.3 is 0 Å². The highest BCUT2D eigenvalue weighted by atomic mass is 35.5. The summed E-state index contributed by atoms with van der Waals surface area (Å²) < 4.78 is 5.36. The van der Waals surface area contributed by atoms with Gasteiger partial charge in [0.25, 0.3) is 0 Å². The summed E-state index contributed by atoms with van der Waals surface area (Å²) in [7, 11) is 0. The van der Waals surface area contributed by atoms with Crippen LogP contribution >= 0.6 is 22.9 Å². The van der Waals surface area contributed by atoms with Crippen molar-refractivity contribution in [3.05, 3.63) is 47.0 Å². The number of hydrogen-bond acceptors (Lipinski definition) is 4. The van der Waals surface area contributed by atoms with Crippen LogP contribution in [0.1, 0.15) is 18.2 Å². The summed E-state index contributed by atoms with van der Waals surface area (Å²) in [6.07, 6.45) is 3.21. The summed E-state index contributed by atoms with van der Waals surface area (Å²) in [4.78, 5) is 15.9. The van der Waals surface area contributed by atoms with E-state index < -0.39 is 0 Å². The number of amides is 1. The lowest BCUT2D eigenvalue weighted by Crippen LogP contribution is -2.07. The van der Waals surface area contributed by atoms with Crippen molar-refractivity contribution in [1.82, 2.24) is 4.98 Å². The van der Waals surface area contributed by atoms with E-state index in [1.54, 1.807) is 6.08 Å². The van der Waals surface area contributed by atoms with Crippen LogP contribution in [0.25, 0.3) is 6.08 Å². The summed E-state index contributed by atoms with van der Waals surface area (Å²) in [6.45, 7) is 2.57. The van der Waals surface area contributed by atoms with Crippen molar-refractivity contribution >= 4 is 40.1 Å². The van der Waals surface area contributed by atoms with Crippen LogP contribution in [0.3, 0.4) is 0 Å². The third kappa shape index (κ3) is 4.88.